The van der Waals surface area contributed by atoms with Crippen LogP contribution in [-0.4, -0.2) is 38.8 Å². The molecule has 1 aromatic rings. The molecule has 7 heteroatoms. The molecule has 1 fully saturated rings. The Balaban J connectivity index is 1.60. The van der Waals surface area contributed by atoms with Gasteiger partial charge in [-0.3, -0.25) is 0 Å². The highest BCUT2D eigenvalue weighted by molar-refractivity contribution is 8.23. The van der Waals surface area contributed by atoms with Crippen LogP contribution in [-0.2, 0) is 14.4 Å². The summed E-state index contributed by atoms with van der Waals surface area (Å²) in [4.78, 5) is 0. The lowest BCUT2D eigenvalue weighted by atomic mass is 10.3. The van der Waals surface area contributed by atoms with Crippen LogP contribution in [0, 0.1) is 0 Å². The van der Waals surface area contributed by atoms with Crippen LogP contribution in [0.25, 0.3) is 0 Å². The summed E-state index contributed by atoms with van der Waals surface area (Å²) in [5, 5.41) is 3.13. The van der Waals surface area contributed by atoms with Crippen LogP contribution < -0.4 is 10.1 Å². The van der Waals surface area contributed by atoms with E-state index in [4.69, 9.17) is 17.0 Å². The highest BCUT2D eigenvalue weighted by atomic mass is 32.3. The molecule has 1 aliphatic heterocycles. The topological polar surface area (TPSA) is 58.6 Å². The predicted octanol–water partition coefficient (Wildman–Crippen LogP) is 2.42. The Morgan fingerprint density at radius 1 is 1.50 bits per heavy atom. The summed E-state index contributed by atoms with van der Waals surface area (Å²) in [5.41, 5.74) is 0. The van der Waals surface area contributed by atoms with Crippen molar-refractivity contribution in [3.63, 3.8) is 0 Å². The van der Waals surface area contributed by atoms with Crippen LogP contribution in [0.1, 0.15) is 6.42 Å². The number of hydrogen-bond acceptors (Lipinski definition) is 4. The summed E-state index contributed by atoms with van der Waals surface area (Å²) in [6.45, 7) is 0.581. The molecule has 20 heavy (non-hydrogen) atoms. The highest BCUT2D eigenvalue weighted by Crippen LogP contribution is 2.18. The minimum Gasteiger partial charge on any atom is -0.493 e. The first-order chi connectivity index (χ1) is 9.55. The van der Waals surface area contributed by atoms with Crippen LogP contribution in [0.15, 0.2) is 30.3 Å². The molecule has 0 radical (unpaired) electrons. The number of ether oxygens (including phenoxy) is 1. The molecule has 1 heterocycles. The number of thiocarbonyl (C=S) groups is 1. The van der Waals surface area contributed by atoms with Crippen molar-refractivity contribution in [2.24, 2.45) is 0 Å². The van der Waals surface area contributed by atoms with Gasteiger partial charge in [0.15, 0.2) is 5.75 Å². The van der Waals surface area contributed by atoms with Crippen molar-refractivity contribution in [1.82, 2.24) is 5.32 Å². The molecule has 0 spiro atoms. The van der Waals surface area contributed by atoms with Crippen molar-refractivity contribution >= 4 is 38.5 Å². The van der Waals surface area contributed by atoms with Gasteiger partial charge in [0.2, 0.25) is 10.2 Å². The Kier molecular flexibility index (Phi) is 5.83. The van der Waals surface area contributed by atoms with Crippen LogP contribution in [0.5, 0.6) is 5.75 Å². The number of nitrogens with one attached hydrogen (secondary N) is 1. The van der Waals surface area contributed by atoms with Crippen molar-refractivity contribution in [2.45, 2.75) is 12.5 Å². The van der Waals surface area contributed by atoms with Crippen molar-refractivity contribution in [1.29, 1.82) is 0 Å². The van der Waals surface area contributed by atoms with E-state index >= 15 is 0 Å². The molecule has 2 rings (SSSR count). The highest BCUT2D eigenvalue weighted by Gasteiger charge is 2.38. The average Bonchev–Trinajstić information content (AvgIpc) is 2.75. The van der Waals surface area contributed by atoms with Crippen LogP contribution in [0.2, 0.25) is 0 Å². The first kappa shape index (κ1) is 15.8. The minimum absolute atomic E-state index is 0.0301. The molecule has 0 aliphatic carbocycles. The molecule has 1 aromatic carbocycles. The molecule has 4 nitrogen and oxygen atoms in total. The number of thioether (sulfide) groups is 1. The van der Waals surface area contributed by atoms with Crippen molar-refractivity contribution in [3.05, 3.63) is 30.3 Å². The SMILES string of the molecule is O=[S+]1(O)CC[C@H](NC(=S)SCCOc2ccccc2)C1. The van der Waals surface area contributed by atoms with Gasteiger partial charge < -0.3 is 10.1 Å². The zero-order valence-corrected chi connectivity index (χ0v) is 13.4. The Hall–Kier alpha value is -0.630. The Labute approximate surface area is 129 Å². The minimum atomic E-state index is -2.61. The van der Waals surface area contributed by atoms with E-state index < -0.39 is 10.2 Å². The van der Waals surface area contributed by atoms with Crippen molar-refractivity contribution in [3.8, 4) is 5.75 Å². The zero-order chi connectivity index (χ0) is 14.4. The molecule has 110 valence electrons. The van der Waals surface area contributed by atoms with E-state index in [0.29, 0.717) is 28.9 Å². The number of para-hydroxylation sites is 1. The van der Waals surface area contributed by atoms with Gasteiger partial charge in [-0.05, 0) is 12.1 Å². The molecule has 0 aromatic heterocycles. The lowest BCUT2D eigenvalue weighted by molar-refractivity contribution is 0.344. The van der Waals surface area contributed by atoms with E-state index in [1.54, 1.807) is 0 Å². The largest absolute Gasteiger partial charge is 0.493 e. The van der Waals surface area contributed by atoms with Gasteiger partial charge in [0.05, 0.1) is 12.6 Å². The van der Waals surface area contributed by atoms with Crippen LogP contribution >= 0.6 is 24.0 Å². The lowest BCUT2D eigenvalue weighted by Crippen LogP contribution is -2.33. The third-order valence-electron chi connectivity index (χ3n) is 2.90. The standard InChI is InChI=1S/C13H17NO3S3/c15-20(16)9-6-11(10-20)14-13(18)19-8-7-17-12-4-2-1-3-5-12/h1-5,11H,6-10H2,(H-,14,15,16,18)/p+1/t11-/m0/s1. The second-order valence-electron chi connectivity index (χ2n) is 4.57. The Morgan fingerprint density at radius 3 is 2.90 bits per heavy atom. The summed E-state index contributed by atoms with van der Waals surface area (Å²) in [6.07, 6.45) is 0.705. The second-order valence-corrected chi connectivity index (χ2v) is 8.63. The van der Waals surface area contributed by atoms with E-state index in [9.17, 15) is 8.76 Å². The fraction of sp³-hybridized carbons (Fsp3) is 0.462. The fourth-order valence-corrected chi connectivity index (χ4v) is 4.66. The summed E-state index contributed by atoms with van der Waals surface area (Å²) in [5.74, 6) is 2.27. The molecular weight excluding hydrogens is 314 g/mol. The number of benzene rings is 1. The predicted molar refractivity (Wildman–Crippen MR) is 88.9 cm³/mol. The van der Waals surface area contributed by atoms with E-state index in [1.807, 2.05) is 30.3 Å². The van der Waals surface area contributed by atoms with Gasteiger partial charge in [-0.25, -0.2) is 0 Å². The van der Waals surface area contributed by atoms with Crippen molar-refractivity contribution in [2.75, 3.05) is 23.9 Å². The van der Waals surface area contributed by atoms with Gasteiger partial charge in [-0.1, -0.05) is 46.4 Å². The lowest BCUT2D eigenvalue weighted by Gasteiger charge is -2.11. The molecule has 2 N–H and O–H groups in total. The third kappa shape index (κ3) is 5.40. The molecule has 0 saturated carbocycles. The van der Waals surface area contributed by atoms with E-state index in [2.05, 4.69) is 5.32 Å². The molecule has 1 aliphatic rings. The number of hydrogen-bond donors (Lipinski definition) is 2. The smallest absolute Gasteiger partial charge is 0.216 e. The van der Waals surface area contributed by atoms with Crippen LogP contribution in [0.3, 0.4) is 0 Å². The number of rotatable bonds is 5. The molecule has 1 saturated heterocycles. The maximum absolute atomic E-state index is 11.4. The Bertz CT molecular complexity index is 495. The van der Waals surface area contributed by atoms with E-state index in [0.717, 1.165) is 11.5 Å². The first-order valence-electron chi connectivity index (χ1n) is 6.38. The van der Waals surface area contributed by atoms with Gasteiger partial charge in [-0.2, -0.15) is 4.55 Å². The van der Waals surface area contributed by atoms with E-state index in [-0.39, 0.29) is 6.04 Å². The molecule has 0 amide bonds. The maximum Gasteiger partial charge on any atom is 0.216 e. The van der Waals surface area contributed by atoms with Gasteiger partial charge >= 0.3 is 0 Å². The maximum atomic E-state index is 11.4. The third-order valence-corrected chi connectivity index (χ3v) is 5.92. The molecule has 1 unspecified atom stereocenters. The first-order valence-corrected chi connectivity index (χ1v) is 9.63. The summed E-state index contributed by atoms with van der Waals surface area (Å²) < 4.78 is 27.1. The summed E-state index contributed by atoms with van der Waals surface area (Å²) >= 11 is 6.72. The fourth-order valence-electron chi connectivity index (χ4n) is 1.94. The monoisotopic (exact) mass is 332 g/mol. The zero-order valence-electron chi connectivity index (χ0n) is 11.0. The van der Waals surface area contributed by atoms with Crippen LogP contribution in [0.4, 0.5) is 0 Å². The van der Waals surface area contributed by atoms with Gasteiger partial charge in [0.25, 0.3) is 0 Å². The second kappa shape index (κ2) is 7.40. The normalized spacial score (nSPS) is 25.4. The molecule has 2 atom stereocenters. The average molecular weight is 332 g/mol. The van der Waals surface area contributed by atoms with Gasteiger partial charge in [-0.15, -0.1) is 0 Å². The summed E-state index contributed by atoms with van der Waals surface area (Å²) in [6, 6.07) is 9.67. The summed E-state index contributed by atoms with van der Waals surface area (Å²) in [7, 11) is -2.61. The van der Waals surface area contributed by atoms with Crippen molar-refractivity contribution < 1.29 is 13.5 Å². The molecule has 0 bridgehead atoms. The van der Waals surface area contributed by atoms with Gasteiger partial charge in [0, 0.05) is 12.2 Å². The van der Waals surface area contributed by atoms with Gasteiger partial charge in [0.1, 0.15) is 15.8 Å². The Morgan fingerprint density at radius 2 is 2.25 bits per heavy atom. The quantitative estimate of drug-likeness (QED) is 0.491. The van der Waals surface area contributed by atoms with E-state index in [1.165, 1.54) is 11.8 Å². The molecular formula is C13H18NO3S3+.